The lowest BCUT2D eigenvalue weighted by Crippen LogP contribution is -2.21. The predicted octanol–water partition coefficient (Wildman–Crippen LogP) is 7.83. The highest BCUT2D eigenvalue weighted by Crippen LogP contribution is 2.37. The largest absolute Gasteiger partial charge is 0.463 e. The number of rotatable bonds is 16. The summed E-state index contributed by atoms with van der Waals surface area (Å²) in [6.45, 7) is 6.21. The van der Waals surface area contributed by atoms with Gasteiger partial charge in [-0.2, -0.15) is 13.2 Å². The Kier molecular flexibility index (Phi) is 12.0. The molecule has 0 saturated carbocycles. The first-order chi connectivity index (χ1) is 19.7. The third kappa shape index (κ3) is 9.20. The molecule has 0 spiro atoms. The number of carbonyl (C=O) groups is 1. The molecule has 6 nitrogen and oxygen atoms in total. The van der Waals surface area contributed by atoms with Crippen molar-refractivity contribution in [3.63, 3.8) is 0 Å². The van der Waals surface area contributed by atoms with Crippen LogP contribution in [-0.2, 0) is 28.7 Å². The Bertz CT molecular complexity index is 1440. The molecular weight excluding hydrogens is 535 g/mol. The SMILES string of the molecule is C=CC(=O)OCCCCCCCCCn1ccc2cc(-c3ccc(CCCCC)cc3C(F)(F)F)c(=O)oc2c1=O. The number of halogens is 3. The fraction of sp³-hybridized carbons (Fsp3) is 0.469. The van der Waals surface area contributed by atoms with Crippen LogP contribution in [0.1, 0.15) is 82.3 Å². The molecule has 2 aromatic heterocycles. The Labute approximate surface area is 237 Å². The van der Waals surface area contributed by atoms with Crippen LogP contribution in [0.4, 0.5) is 13.2 Å². The van der Waals surface area contributed by atoms with Gasteiger partial charge >= 0.3 is 17.8 Å². The molecule has 41 heavy (non-hydrogen) atoms. The first-order valence-electron chi connectivity index (χ1n) is 14.3. The van der Waals surface area contributed by atoms with E-state index in [-0.39, 0.29) is 22.1 Å². The number of benzene rings is 1. The van der Waals surface area contributed by atoms with Gasteiger partial charge in [0.05, 0.1) is 17.7 Å². The van der Waals surface area contributed by atoms with Crippen LogP contribution in [-0.4, -0.2) is 17.1 Å². The van der Waals surface area contributed by atoms with Crippen molar-refractivity contribution < 1.29 is 27.1 Å². The van der Waals surface area contributed by atoms with Crippen molar-refractivity contribution in [1.82, 2.24) is 4.57 Å². The van der Waals surface area contributed by atoms with E-state index in [1.54, 1.807) is 18.3 Å². The van der Waals surface area contributed by atoms with E-state index in [9.17, 15) is 27.6 Å². The van der Waals surface area contributed by atoms with Crippen molar-refractivity contribution in [3.8, 4) is 11.1 Å². The molecule has 0 aliphatic rings. The number of aromatic nitrogens is 1. The highest BCUT2D eigenvalue weighted by molar-refractivity contribution is 5.82. The number of nitrogens with zero attached hydrogens (tertiary/aromatic N) is 1. The molecule has 0 atom stereocenters. The number of esters is 1. The van der Waals surface area contributed by atoms with Crippen molar-refractivity contribution in [2.45, 2.75) is 90.3 Å². The molecule has 0 unspecified atom stereocenters. The monoisotopic (exact) mass is 573 g/mol. The Morgan fingerprint density at radius 1 is 0.951 bits per heavy atom. The summed E-state index contributed by atoms with van der Waals surface area (Å²) in [7, 11) is 0. The molecule has 0 fully saturated rings. The van der Waals surface area contributed by atoms with Gasteiger partial charge in [0.15, 0.2) is 0 Å². The van der Waals surface area contributed by atoms with Gasteiger partial charge in [0.1, 0.15) is 0 Å². The fourth-order valence-corrected chi connectivity index (χ4v) is 4.80. The van der Waals surface area contributed by atoms with Gasteiger partial charge in [0.25, 0.3) is 5.56 Å². The number of carbonyl (C=O) groups excluding carboxylic acids is 1. The molecule has 3 aromatic rings. The van der Waals surface area contributed by atoms with Crippen molar-refractivity contribution in [1.29, 1.82) is 0 Å². The quantitative estimate of drug-likeness (QED) is 0.0991. The second kappa shape index (κ2) is 15.4. The minimum Gasteiger partial charge on any atom is -0.463 e. The molecule has 0 bridgehead atoms. The molecule has 1 aromatic carbocycles. The van der Waals surface area contributed by atoms with Crippen LogP contribution in [0.5, 0.6) is 0 Å². The number of ether oxygens (including phenoxy) is 1. The van der Waals surface area contributed by atoms with Gasteiger partial charge in [0.2, 0.25) is 5.58 Å². The molecule has 9 heteroatoms. The summed E-state index contributed by atoms with van der Waals surface area (Å²) in [6, 6.07) is 6.94. The summed E-state index contributed by atoms with van der Waals surface area (Å²) in [6.07, 6.45) is 7.75. The van der Waals surface area contributed by atoms with Crippen molar-refractivity contribution in [3.05, 3.63) is 81.1 Å². The van der Waals surface area contributed by atoms with Crippen LogP contribution in [0.15, 0.2) is 63.2 Å². The molecular formula is C32H38F3NO5. The summed E-state index contributed by atoms with van der Waals surface area (Å²) in [5.74, 6) is -0.410. The zero-order valence-electron chi connectivity index (χ0n) is 23.6. The van der Waals surface area contributed by atoms with Crippen molar-refractivity contribution in [2.24, 2.45) is 0 Å². The van der Waals surface area contributed by atoms with Crippen LogP contribution in [0.25, 0.3) is 22.1 Å². The Morgan fingerprint density at radius 3 is 2.34 bits per heavy atom. The smallest absolute Gasteiger partial charge is 0.417 e. The Balaban J connectivity index is 1.65. The zero-order valence-corrected chi connectivity index (χ0v) is 23.6. The van der Waals surface area contributed by atoms with Gasteiger partial charge in [-0.05, 0) is 49.4 Å². The van der Waals surface area contributed by atoms with E-state index in [1.807, 2.05) is 6.92 Å². The number of pyridine rings is 1. The maximum atomic E-state index is 14.0. The average molecular weight is 574 g/mol. The van der Waals surface area contributed by atoms with E-state index in [4.69, 9.17) is 9.15 Å². The van der Waals surface area contributed by atoms with Gasteiger partial charge in [-0.1, -0.05) is 70.6 Å². The van der Waals surface area contributed by atoms with Gasteiger partial charge < -0.3 is 13.7 Å². The molecule has 0 aliphatic heterocycles. The lowest BCUT2D eigenvalue weighted by atomic mass is 9.95. The van der Waals surface area contributed by atoms with Crippen LogP contribution < -0.4 is 11.2 Å². The normalized spacial score (nSPS) is 11.6. The summed E-state index contributed by atoms with van der Waals surface area (Å²) >= 11 is 0. The van der Waals surface area contributed by atoms with Crippen molar-refractivity contribution >= 4 is 16.9 Å². The third-order valence-electron chi connectivity index (χ3n) is 7.07. The maximum absolute atomic E-state index is 14.0. The van der Waals surface area contributed by atoms with E-state index in [0.29, 0.717) is 25.1 Å². The summed E-state index contributed by atoms with van der Waals surface area (Å²) in [5.41, 5.74) is -2.42. The van der Waals surface area contributed by atoms with Crippen molar-refractivity contribution in [2.75, 3.05) is 6.61 Å². The molecule has 2 heterocycles. The molecule has 222 valence electrons. The first-order valence-corrected chi connectivity index (χ1v) is 14.3. The number of unbranched alkanes of at least 4 members (excludes halogenated alkanes) is 8. The highest BCUT2D eigenvalue weighted by atomic mass is 19.4. The molecule has 0 aliphatic carbocycles. The first kappa shape index (κ1) is 31.9. The van der Waals surface area contributed by atoms with Gasteiger partial charge in [0, 0.05) is 29.8 Å². The van der Waals surface area contributed by atoms with E-state index in [0.717, 1.165) is 76.4 Å². The highest BCUT2D eigenvalue weighted by Gasteiger charge is 2.35. The standard InChI is InChI=1S/C32H38F3NO5/c1-3-5-11-14-23-15-16-25(27(21-23)32(33,34)35)26-22-24-17-19-36(30(38)29(24)41-31(26)39)18-12-9-7-6-8-10-13-20-40-28(37)4-2/h4,15-17,19,21-22H,2-3,5-14,18,20H2,1H3. The minimum atomic E-state index is -4.65. The summed E-state index contributed by atoms with van der Waals surface area (Å²) < 4.78 is 53.6. The Hall–Kier alpha value is -3.62. The summed E-state index contributed by atoms with van der Waals surface area (Å²) in [4.78, 5) is 36.8. The minimum absolute atomic E-state index is 0.164. The molecule has 3 rings (SSSR count). The van der Waals surface area contributed by atoms with Crippen LogP contribution in [0.3, 0.4) is 0 Å². The number of fused-ring (bicyclic) bond motifs is 1. The fourth-order valence-electron chi connectivity index (χ4n) is 4.80. The van der Waals surface area contributed by atoms with E-state index >= 15 is 0 Å². The zero-order chi connectivity index (χ0) is 29.8. The molecule has 0 saturated heterocycles. The topological polar surface area (TPSA) is 78.5 Å². The number of hydrogen-bond acceptors (Lipinski definition) is 5. The second-order valence-corrected chi connectivity index (χ2v) is 10.2. The number of alkyl halides is 3. The van der Waals surface area contributed by atoms with E-state index < -0.39 is 28.9 Å². The lowest BCUT2D eigenvalue weighted by molar-refractivity contribution is -0.138. The third-order valence-corrected chi connectivity index (χ3v) is 7.07. The Morgan fingerprint density at radius 2 is 1.66 bits per heavy atom. The second-order valence-electron chi connectivity index (χ2n) is 10.2. The predicted molar refractivity (Wildman–Crippen MR) is 154 cm³/mol. The van der Waals surface area contributed by atoms with Crippen LogP contribution in [0, 0.1) is 0 Å². The van der Waals surface area contributed by atoms with Crippen LogP contribution in [0.2, 0.25) is 0 Å². The van der Waals surface area contributed by atoms with Crippen LogP contribution >= 0.6 is 0 Å². The van der Waals surface area contributed by atoms with Gasteiger partial charge in [-0.3, -0.25) is 4.79 Å². The van der Waals surface area contributed by atoms with E-state index in [2.05, 4.69) is 6.58 Å². The number of aryl methyl sites for hydroxylation is 2. The van der Waals surface area contributed by atoms with Gasteiger partial charge in [-0.15, -0.1) is 0 Å². The molecule has 0 N–H and O–H groups in total. The average Bonchev–Trinajstić information content (AvgIpc) is 2.94. The number of hydrogen-bond donors (Lipinski definition) is 0. The van der Waals surface area contributed by atoms with E-state index in [1.165, 1.54) is 16.7 Å². The van der Waals surface area contributed by atoms with Gasteiger partial charge in [-0.25, -0.2) is 9.59 Å². The summed E-state index contributed by atoms with van der Waals surface area (Å²) in [5, 5.41) is 0.278. The lowest BCUT2D eigenvalue weighted by Gasteiger charge is -2.15. The molecule has 0 amide bonds. The molecule has 0 radical (unpaired) electrons. The maximum Gasteiger partial charge on any atom is 0.417 e.